The third-order valence-corrected chi connectivity index (χ3v) is 3.96. The van der Waals surface area contributed by atoms with Crippen molar-refractivity contribution in [3.8, 4) is 5.75 Å². The Balaban J connectivity index is 1.67. The summed E-state index contributed by atoms with van der Waals surface area (Å²) in [6.45, 7) is 0.826. The fraction of sp³-hybridized carbons (Fsp3) is 0.263. The van der Waals surface area contributed by atoms with Gasteiger partial charge in [-0.05, 0) is 23.8 Å². The molecule has 0 fully saturated rings. The van der Waals surface area contributed by atoms with Crippen molar-refractivity contribution in [1.29, 1.82) is 0 Å². The van der Waals surface area contributed by atoms with Gasteiger partial charge in [-0.15, -0.1) is 0 Å². The van der Waals surface area contributed by atoms with Crippen molar-refractivity contribution in [3.05, 3.63) is 59.7 Å². The molecule has 3 rings (SSSR count). The maximum absolute atomic E-state index is 12.5. The van der Waals surface area contributed by atoms with Gasteiger partial charge in [-0.1, -0.05) is 30.3 Å². The lowest BCUT2D eigenvalue weighted by molar-refractivity contribution is -0.122. The standard InChI is InChI=1S/C19H20N2O4/c1-24-11-10-20-18(22)14-7-3-4-8-15(14)21-19(23)17-12-13-6-2-5-9-16(13)25-17/h2-9,17H,10-12H2,1H3,(H,20,22)(H,21,23)/t17-/m1/s1. The van der Waals surface area contributed by atoms with Gasteiger partial charge in [0.05, 0.1) is 17.9 Å². The van der Waals surface area contributed by atoms with Crippen molar-refractivity contribution in [3.63, 3.8) is 0 Å². The monoisotopic (exact) mass is 340 g/mol. The number of carbonyl (C=O) groups is 2. The normalized spacial score (nSPS) is 15.2. The molecule has 2 amide bonds. The highest BCUT2D eigenvalue weighted by Gasteiger charge is 2.29. The first kappa shape index (κ1) is 17.0. The molecule has 2 aromatic rings. The Bertz CT molecular complexity index is 751. The third-order valence-electron chi connectivity index (χ3n) is 3.96. The Morgan fingerprint density at radius 3 is 2.72 bits per heavy atom. The van der Waals surface area contributed by atoms with Crippen molar-refractivity contribution in [2.75, 3.05) is 25.6 Å². The van der Waals surface area contributed by atoms with Gasteiger partial charge in [0.1, 0.15) is 5.75 Å². The molecule has 1 aliphatic rings. The lowest BCUT2D eigenvalue weighted by atomic mass is 10.1. The molecule has 0 spiro atoms. The first-order valence-corrected chi connectivity index (χ1v) is 8.10. The van der Waals surface area contributed by atoms with E-state index in [4.69, 9.17) is 9.47 Å². The number of methoxy groups -OCH3 is 1. The maximum atomic E-state index is 12.5. The Kier molecular flexibility index (Phi) is 5.30. The van der Waals surface area contributed by atoms with Crippen molar-refractivity contribution in [2.45, 2.75) is 12.5 Å². The fourth-order valence-electron chi connectivity index (χ4n) is 2.69. The smallest absolute Gasteiger partial charge is 0.265 e. The molecule has 130 valence electrons. The molecule has 0 saturated carbocycles. The minimum absolute atomic E-state index is 0.261. The molecule has 2 aromatic carbocycles. The Hall–Kier alpha value is -2.86. The van der Waals surface area contributed by atoms with Gasteiger partial charge in [-0.2, -0.15) is 0 Å². The van der Waals surface area contributed by atoms with Gasteiger partial charge in [0.2, 0.25) is 0 Å². The highest BCUT2D eigenvalue weighted by Crippen LogP contribution is 2.29. The number of ether oxygens (including phenoxy) is 2. The van der Waals surface area contributed by atoms with Crippen molar-refractivity contribution in [2.24, 2.45) is 0 Å². The molecule has 6 nitrogen and oxygen atoms in total. The minimum Gasteiger partial charge on any atom is -0.480 e. The Morgan fingerprint density at radius 2 is 1.92 bits per heavy atom. The minimum atomic E-state index is -0.595. The number of hydrogen-bond donors (Lipinski definition) is 2. The highest BCUT2D eigenvalue weighted by atomic mass is 16.5. The summed E-state index contributed by atoms with van der Waals surface area (Å²) in [5.74, 6) is 0.199. The molecule has 1 heterocycles. The molecule has 6 heteroatoms. The van der Waals surface area contributed by atoms with E-state index in [1.54, 1.807) is 31.4 Å². The first-order chi connectivity index (χ1) is 12.2. The van der Waals surface area contributed by atoms with Gasteiger partial charge in [0, 0.05) is 20.1 Å². The summed E-state index contributed by atoms with van der Waals surface area (Å²) >= 11 is 0. The molecule has 25 heavy (non-hydrogen) atoms. The van der Waals surface area contributed by atoms with E-state index in [1.807, 2.05) is 24.3 Å². The number of fused-ring (bicyclic) bond motifs is 1. The van der Waals surface area contributed by atoms with E-state index in [-0.39, 0.29) is 11.8 Å². The molecule has 0 radical (unpaired) electrons. The number of amides is 2. The fourth-order valence-corrected chi connectivity index (χ4v) is 2.69. The summed E-state index contributed by atoms with van der Waals surface area (Å²) in [7, 11) is 1.57. The number of carbonyl (C=O) groups excluding carboxylic acids is 2. The number of rotatable bonds is 6. The summed E-state index contributed by atoms with van der Waals surface area (Å²) in [4.78, 5) is 24.8. The van der Waals surface area contributed by atoms with Crippen molar-refractivity contribution in [1.82, 2.24) is 5.32 Å². The van der Waals surface area contributed by atoms with E-state index in [9.17, 15) is 9.59 Å². The molecule has 0 unspecified atom stereocenters. The highest BCUT2D eigenvalue weighted by molar-refractivity contribution is 6.04. The number of benzene rings is 2. The second-order valence-electron chi connectivity index (χ2n) is 5.70. The quantitative estimate of drug-likeness (QED) is 0.789. The lowest BCUT2D eigenvalue weighted by Gasteiger charge is -2.14. The van der Waals surface area contributed by atoms with Crippen LogP contribution in [0.2, 0.25) is 0 Å². The number of nitrogens with one attached hydrogen (secondary N) is 2. The van der Waals surface area contributed by atoms with Crippen LogP contribution < -0.4 is 15.4 Å². The molecule has 0 aliphatic carbocycles. The second-order valence-corrected chi connectivity index (χ2v) is 5.70. The molecule has 0 saturated heterocycles. The summed E-state index contributed by atoms with van der Waals surface area (Å²) in [5, 5.41) is 5.55. The zero-order chi connectivity index (χ0) is 17.6. The SMILES string of the molecule is COCCNC(=O)c1ccccc1NC(=O)[C@H]1Cc2ccccc2O1. The van der Waals surface area contributed by atoms with Crippen molar-refractivity contribution < 1.29 is 19.1 Å². The predicted molar refractivity (Wildman–Crippen MR) is 93.8 cm³/mol. The van der Waals surface area contributed by atoms with E-state index >= 15 is 0 Å². The number of para-hydroxylation sites is 2. The van der Waals surface area contributed by atoms with Crippen LogP contribution in [-0.2, 0) is 16.0 Å². The van der Waals surface area contributed by atoms with Gasteiger partial charge >= 0.3 is 0 Å². The summed E-state index contributed by atoms with van der Waals surface area (Å²) in [6.07, 6.45) is -0.0773. The van der Waals surface area contributed by atoms with Crippen LogP contribution in [0, 0.1) is 0 Å². The van der Waals surface area contributed by atoms with Crippen LogP contribution in [0.15, 0.2) is 48.5 Å². The average Bonchev–Trinajstić information content (AvgIpc) is 3.06. The topological polar surface area (TPSA) is 76.7 Å². The van der Waals surface area contributed by atoms with Crippen LogP contribution in [0.25, 0.3) is 0 Å². The molecule has 2 N–H and O–H groups in total. The van der Waals surface area contributed by atoms with Crippen molar-refractivity contribution >= 4 is 17.5 Å². The molecule has 0 bridgehead atoms. The second kappa shape index (κ2) is 7.81. The largest absolute Gasteiger partial charge is 0.480 e. The van der Waals surface area contributed by atoms with Crippen LogP contribution in [0.1, 0.15) is 15.9 Å². The van der Waals surface area contributed by atoms with E-state index in [2.05, 4.69) is 10.6 Å². The molecular formula is C19H20N2O4. The summed E-state index contributed by atoms with van der Waals surface area (Å²) in [5.41, 5.74) is 1.87. The Labute approximate surface area is 146 Å². The number of anilines is 1. The predicted octanol–water partition coefficient (Wildman–Crippen LogP) is 2.00. The van der Waals surface area contributed by atoms with Crippen LogP contribution in [0.4, 0.5) is 5.69 Å². The number of hydrogen-bond acceptors (Lipinski definition) is 4. The first-order valence-electron chi connectivity index (χ1n) is 8.10. The van der Waals surface area contributed by atoms with E-state index in [1.165, 1.54) is 0 Å². The van der Waals surface area contributed by atoms with Gasteiger partial charge in [0.25, 0.3) is 11.8 Å². The molecular weight excluding hydrogens is 320 g/mol. The third kappa shape index (κ3) is 3.97. The Morgan fingerprint density at radius 1 is 1.16 bits per heavy atom. The van der Waals surface area contributed by atoms with Gasteiger partial charge < -0.3 is 20.1 Å². The maximum Gasteiger partial charge on any atom is 0.265 e. The van der Waals surface area contributed by atoms with E-state index < -0.39 is 6.10 Å². The summed E-state index contributed by atoms with van der Waals surface area (Å²) in [6, 6.07) is 14.5. The van der Waals surface area contributed by atoms with Gasteiger partial charge in [-0.25, -0.2) is 0 Å². The lowest BCUT2D eigenvalue weighted by Crippen LogP contribution is -2.33. The zero-order valence-electron chi connectivity index (χ0n) is 14.0. The zero-order valence-corrected chi connectivity index (χ0v) is 14.0. The molecule has 1 aliphatic heterocycles. The molecule has 1 atom stereocenters. The van der Waals surface area contributed by atoms with Gasteiger partial charge in [-0.3, -0.25) is 9.59 Å². The van der Waals surface area contributed by atoms with Crippen LogP contribution in [0.3, 0.4) is 0 Å². The van der Waals surface area contributed by atoms with Crippen LogP contribution in [-0.4, -0.2) is 38.2 Å². The molecule has 0 aromatic heterocycles. The van der Waals surface area contributed by atoms with Crippen LogP contribution in [0.5, 0.6) is 5.75 Å². The average molecular weight is 340 g/mol. The van der Waals surface area contributed by atoms with E-state index in [0.29, 0.717) is 30.8 Å². The van der Waals surface area contributed by atoms with Crippen LogP contribution >= 0.6 is 0 Å². The van der Waals surface area contributed by atoms with E-state index in [0.717, 1.165) is 11.3 Å². The van der Waals surface area contributed by atoms with Gasteiger partial charge in [0.15, 0.2) is 6.10 Å². The summed E-state index contributed by atoms with van der Waals surface area (Å²) < 4.78 is 10.6.